The van der Waals surface area contributed by atoms with E-state index in [4.69, 9.17) is 11.6 Å². The van der Waals surface area contributed by atoms with E-state index in [0.29, 0.717) is 0 Å². The number of hydrogen-bond donors (Lipinski definition) is 0. The van der Waals surface area contributed by atoms with Gasteiger partial charge in [-0.1, -0.05) is 23.7 Å². The Hall–Kier alpha value is -1.94. The molecule has 0 aliphatic carbocycles. The van der Waals surface area contributed by atoms with E-state index >= 15 is 0 Å². The first-order valence-electron chi connectivity index (χ1n) is 9.52. The molecule has 2 aromatic rings. The molecule has 0 aromatic heterocycles. The van der Waals surface area contributed by atoms with E-state index < -0.39 is 31.8 Å². The maximum atomic E-state index is 13.1. The topological polar surface area (TPSA) is 91.8 Å². The molecule has 2 rings (SSSR count). The Morgan fingerprint density at radius 3 is 1.90 bits per heavy atom. The highest BCUT2D eigenvalue weighted by atomic mass is 35.5. The third kappa shape index (κ3) is 5.46. The standard InChI is InChI=1S/C21H27ClN2O5S2/c1-14(2)24(5)31(28,29)18-11-12-20(22)19(13-18)21(25)23(4)15(3)16-7-9-17(10-8-16)30(6,26)27/h7-15H,1-6H3. The maximum absolute atomic E-state index is 13.1. The molecule has 10 heteroatoms. The molecular formula is C21H27ClN2O5S2. The number of carbonyl (C=O) groups excluding carboxylic acids is 1. The van der Waals surface area contributed by atoms with Gasteiger partial charge >= 0.3 is 0 Å². The number of sulfonamides is 1. The van der Waals surface area contributed by atoms with Crippen molar-refractivity contribution in [2.45, 2.75) is 42.6 Å². The highest BCUT2D eigenvalue weighted by molar-refractivity contribution is 7.90. The van der Waals surface area contributed by atoms with Gasteiger partial charge in [-0.25, -0.2) is 16.8 Å². The van der Waals surface area contributed by atoms with E-state index in [9.17, 15) is 21.6 Å². The van der Waals surface area contributed by atoms with Gasteiger partial charge in [-0.05, 0) is 56.7 Å². The quantitative estimate of drug-likeness (QED) is 0.596. The Bertz CT molecular complexity index is 1180. The maximum Gasteiger partial charge on any atom is 0.255 e. The first kappa shape index (κ1) is 25.3. The fourth-order valence-electron chi connectivity index (χ4n) is 2.86. The summed E-state index contributed by atoms with van der Waals surface area (Å²) in [6.45, 7) is 5.29. The normalized spacial score (nSPS) is 13.5. The van der Waals surface area contributed by atoms with Crippen LogP contribution in [0.2, 0.25) is 5.02 Å². The van der Waals surface area contributed by atoms with Crippen molar-refractivity contribution in [3.05, 3.63) is 58.6 Å². The molecule has 31 heavy (non-hydrogen) atoms. The van der Waals surface area contributed by atoms with Crippen molar-refractivity contribution in [3.8, 4) is 0 Å². The van der Waals surface area contributed by atoms with Gasteiger partial charge < -0.3 is 4.90 Å². The molecule has 0 fully saturated rings. The largest absolute Gasteiger partial charge is 0.335 e. The Labute approximate surface area is 189 Å². The van der Waals surface area contributed by atoms with Crippen LogP contribution in [0.15, 0.2) is 52.3 Å². The van der Waals surface area contributed by atoms with Crippen LogP contribution in [-0.2, 0) is 19.9 Å². The fourth-order valence-corrected chi connectivity index (χ4v) is 5.08. The predicted molar refractivity (Wildman–Crippen MR) is 122 cm³/mol. The van der Waals surface area contributed by atoms with E-state index in [1.54, 1.807) is 40.0 Å². The SMILES string of the molecule is CC(c1ccc(S(C)(=O)=O)cc1)N(C)C(=O)c1cc(S(=O)(=O)N(C)C(C)C)ccc1Cl. The highest BCUT2D eigenvalue weighted by Gasteiger charge is 2.27. The van der Waals surface area contributed by atoms with Gasteiger partial charge in [-0.2, -0.15) is 4.31 Å². The van der Waals surface area contributed by atoms with Crippen LogP contribution in [0, 0.1) is 0 Å². The number of rotatable bonds is 7. The van der Waals surface area contributed by atoms with Gasteiger partial charge in [0.05, 0.1) is 26.4 Å². The Morgan fingerprint density at radius 2 is 1.42 bits per heavy atom. The average Bonchev–Trinajstić information content (AvgIpc) is 2.71. The smallest absolute Gasteiger partial charge is 0.255 e. The number of benzene rings is 2. The van der Waals surface area contributed by atoms with Crippen molar-refractivity contribution in [3.63, 3.8) is 0 Å². The summed E-state index contributed by atoms with van der Waals surface area (Å²) in [5.74, 6) is -0.450. The van der Waals surface area contributed by atoms with Crippen molar-refractivity contribution < 1.29 is 21.6 Å². The van der Waals surface area contributed by atoms with Crippen LogP contribution in [0.4, 0.5) is 0 Å². The van der Waals surface area contributed by atoms with E-state index in [0.717, 1.165) is 11.8 Å². The molecule has 0 N–H and O–H groups in total. The monoisotopic (exact) mass is 486 g/mol. The Kier molecular flexibility index (Phi) is 7.58. The molecule has 0 spiro atoms. The van der Waals surface area contributed by atoms with E-state index in [2.05, 4.69) is 0 Å². The molecule has 0 aliphatic heterocycles. The summed E-state index contributed by atoms with van der Waals surface area (Å²) < 4.78 is 50.1. The second-order valence-corrected chi connectivity index (χ2v) is 12.1. The minimum atomic E-state index is -3.78. The number of sulfone groups is 1. The molecular weight excluding hydrogens is 460 g/mol. The summed E-state index contributed by atoms with van der Waals surface area (Å²) in [6.07, 6.45) is 1.13. The van der Waals surface area contributed by atoms with E-state index in [-0.39, 0.29) is 26.4 Å². The second-order valence-electron chi connectivity index (χ2n) is 7.69. The van der Waals surface area contributed by atoms with Crippen molar-refractivity contribution >= 4 is 37.4 Å². The van der Waals surface area contributed by atoms with Crippen molar-refractivity contribution in [1.29, 1.82) is 0 Å². The lowest BCUT2D eigenvalue weighted by atomic mass is 10.1. The lowest BCUT2D eigenvalue weighted by Gasteiger charge is -2.26. The van der Waals surface area contributed by atoms with Crippen LogP contribution < -0.4 is 0 Å². The van der Waals surface area contributed by atoms with Crippen molar-refractivity contribution in [2.75, 3.05) is 20.4 Å². The van der Waals surface area contributed by atoms with Gasteiger partial charge in [0.15, 0.2) is 9.84 Å². The molecule has 7 nitrogen and oxygen atoms in total. The van der Waals surface area contributed by atoms with E-state index in [1.807, 2.05) is 0 Å². The molecule has 170 valence electrons. The highest BCUT2D eigenvalue weighted by Crippen LogP contribution is 2.28. The van der Waals surface area contributed by atoms with Crippen LogP contribution in [0.25, 0.3) is 0 Å². The van der Waals surface area contributed by atoms with Gasteiger partial charge in [-0.15, -0.1) is 0 Å². The van der Waals surface area contributed by atoms with Crippen LogP contribution in [0.3, 0.4) is 0 Å². The minimum absolute atomic E-state index is 0.0185. The molecule has 1 atom stereocenters. The molecule has 0 bridgehead atoms. The Morgan fingerprint density at radius 1 is 0.903 bits per heavy atom. The predicted octanol–water partition coefficient (Wildman–Crippen LogP) is 3.61. The number of hydrogen-bond acceptors (Lipinski definition) is 5. The molecule has 1 amide bonds. The zero-order chi connectivity index (χ0) is 23.7. The summed E-state index contributed by atoms with van der Waals surface area (Å²) in [5, 5.41) is 0.141. The summed E-state index contributed by atoms with van der Waals surface area (Å²) in [4.78, 5) is 14.7. The minimum Gasteiger partial charge on any atom is -0.335 e. The zero-order valence-corrected chi connectivity index (χ0v) is 20.7. The Balaban J connectivity index is 2.37. The van der Waals surface area contributed by atoms with Gasteiger partial charge in [0.25, 0.3) is 5.91 Å². The molecule has 0 heterocycles. The molecule has 0 aliphatic rings. The molecule has 0 radical (unpaired) electrons. The average molecular weight is 487 g/mol. The number of nitrogens with zero attached hydrogens (tertiary/aromatic N) is 2. The van der Waals surface area contributed by atoms with Gasteiger partial charge in [0, 0.05) is 26.4 Å². The first-order valence-corrected chi connectivity index (χ1v) is 13.2. The van der Waals surface area contributed by atoms with Crippen molar-refractivity contribution in [2.24, 2.45) is 0 Å². The van der Waals surface area contributed by atoms with Crippen LogP contribution >= 0.6 is 11.6 Å². The van der Waals surface area contributed by atoms with Crippen LogP contribution in [0.1, 0.15) is 42.7 Å². The van der Waals surface area contributed by atoms with E-state index in [1.165, 1.54) is 46.6 Å². The summed E-state index contributed by atoms with van der Waals surface area (Å²) in [5.41, 5.74) is 0.796. The number of carbonyl (C=O) groups is 1. The van der Waals surface area contributed by atoms with Gasteiger partial charge in [0.1, 0.15) is 0 Å². The second kappa shape index (κ2) is 9.28. The fraction of sp³-hybridized carbons (Fsp3) is 0.381. The molecule has 2 aromatic carbocycles. The summed E-state index contributed by atoms with van der Waals surface area (Å²) in [7, 11) is -4.05. The summed E-state index contributed by atoms with van der Waals surface area (Å²) >= 11 is 6.23. The van der Waals surface area contributed by atoms with Crippen molar-refractivity contribution in [1.82, 2.24) is 9.21 Å². The third-order valence-electron chi connectivity index (χ3n) is 5.26. The molecule has 1 unspecified atom stereocenters. The summed E-state index contributed by atoms with van der Waals surface area (Å²) in [6, 6.07) is 9.66. The van der Waals surface area contributed by atoms with Gasteiger partial charge in [-0.3, -0.25) is 4.79 Å². The molecule has 0 saturated carbocycles. The molecule has 0 saturated heterocycles. The first-order chi connectivity index (χ1) is 14.2. The lowest BCUT2D eigenvalue weighted by Crippen LogP contribution is -2.33. The number of amides is 1. The van der Waals surface area contributed by atoms with Gasteiger partial charge in [0.2, 0.25) is 10.0 Å². The third-order valence-corrected chi connectivity index (χ3v) is 8.75. The lowest BCUT2D eigenvalue weighted by molar-refractivity contribution is 0.0742. The van der Waals surface area contributed by atoms with Crippen LogP contribution in [-0.4, -0.2) is 58.3 Å². The zero-order valence-electron chi connectivity index (χ0n) is 18.3. The van der Waals surface area contributed by atoms with Crippen LogP contribution in [0.5, 0.6) is 0 Å². The number of halogens is 1.